The first kappa shape index (κ1) is 13.6. The fourth-order valence-electron chi connectivity index (χ4n) is 2.55. The van der Waals surface area contributed by atoms with Crippen LogP contribution >= 0.6 is 22.7 Å². The Morgan fingerprint density at radius 2 is 1.90 bits per heavy atom. The second-order valence-electron chi connectivity index (χ2n) is 4.96. The molecule has 0 unspecified atom stereocenters. The molecule has 0 aromatic carbocycles. The summed E-state index contributed by atoms with van der Waals surface area (Å²) in [6, 6.07) is 8.35. The van der Waals surface area contributed by atoms with Crippen LogP contribution in [0.3, 0.4) is 0 Å². The molecule has 0 bridgehead atoms. The zero-order chi connectivity index (χ0) is 13.8. The Balaban J connectivity index is 1.54. The maximum absolute atomic E-state index is 12.1. The first-order valence-corrected chi connectivity index (χ1v) is 8.63. The Morgan fingerprint density at radius 1 is 1.15 bits per heavy atom. The smallest absolute Gasteiger partial charge is 0.246 e. The van der Waals surface area contributed by atoms with Crippen LogP contribution in [-0.2, 0) is 4.79 Å². The van der Waals surface area contributed by atoms with Gasteiger partial charge >= 0.3 is 0 Å². The van der Waals surface area contributed by atoms with Gasteiger partial charge in [0.25, 0.3) is 0 Å². The lowest BCUT2D eigenvalue weighted by molar-refractivity contribution is -0.126. The summed E-state index contributed by atoms with van der Waals surface area (Å²) in [4.78, 5) is 16.7. The molecule has 1 aliphatic heterocycles. The highest BCUT2D eigenvalue weighted by Gasteiger charge is 2.23. The lowest BCUT2D eigenvalue weighted by Crippen LogP contribution is -2.36. The van der Waals surface area contributed by atoms with Gasteiger partial charge < -0.3 is 4.90 Å². The van der Waals surface area contributed by atoms with E-state index in [0.29, 0.717) is 5.92 Å². The van der Waals surface area contributed by atoms with E-state index in [4.69, 9.17) is 0 Å². The summed E-state index contributed by atoms with van der Waals surface area (Å²) in [7, 11) is 0. The molecule has 1 saturated heterocycles. The highest BCUT2D eigenvalue weighted by Crippen LogP contribution is 2.31. The van der Waals surface area contributed by atoms with E-state index in [-0.39, 0.29) is 5.91 Å². The van der Waals surface area contributed by atoms with Gasteiger partial charge in [0, 0.05) is 28.9 Å². The van der Waals surface area contributed by atoms with E-state index in [0.717, 1.165) is 30.8 Å². The van der Waals surface area contributed by atoms with E-state index in [1.807, 2.05) is 39.8 Å². The second kappa shape index (κ2) is 6.37. The van der Waals surface area contributed by atoms with E-state index >= 15 is 0 Å². The Bertz CT molecular complexity index is 564. The fourth-order valence-corrected chi connectivity index (χ4v) is 4.07. The van der Waals surface area contributed by atoms with E-state index in [9.17, 15) is 4.79 Å². The fraction of sp³-hybridized carbons (Fsp3) is 0.312. The minimum Gasteiger partial charge on any atom is -0.339 e. The number of nitrogens with zero attached hydrogens (tertiary/aromatic N) is 1. The molecule has 1 amide bonds. The standard InChI is InChI=1S/C16H17NOS2/c18-16(6-5-14-3-1-11-19-14)17-9-7-13(8-10-17)15-4-2-12-20-15/h1-6,11-13H,7-10H2. The molecule has 0 radical (unpaired) electrons. The van der Waals surface area contributed by atoms with E-state index in [2.05, 4.69) is 17.5 Å². The summed E-state index contributed by atoms with van der Waals surface area (Å²) in [5, 5.41) is 4.16. The zero-order valence-electron chi connectivity index (χ0n) is 11.2. The maximum Gasteiger partial charge on any atom is 0.246 e. The van der Waals surface area contributed by atoms with Crippen molar-refractivity contribution in [2.24, 2.45) is 0 Å². The van der Waals surface area contributed by atoms with Crippen molar-refractivity contribution >= 4 is 34.7 Å². The Morgan fingerprint density at radius 3 is 2.55 bits per heavy atom. The van der Waals surface area contributed by atoms with Crippen molar-refractivity contribution in [1.29, 1.82) is 0 Å². The van der Waals surface area contributed by atoms with Crippen molar-refractivity contribution in [3.05, 3.63) is 50.9 Å². The Hall–Kier alpha value is -1.39. The molecule has 3 heterocycles. The number of carbonyl (C=O) groups is 1. The molecule has 2 aromatic heterocycles. The van der Waals surface area contributed by atoms with Gasteiger partial charge in [-0.2, -0.15) is 0 Å². The van der Waals surface area contributed by atoms with Gasteiger partial charge in [-0.25, -0.2) is 0 Å². The molecule has 104 valence electrons. The molecule has 1 aliphatic rings. The first-order valence-electron chi connectivity index (χ1n) is 6.87. The molecule has 20 heavy (non-hydrogen) atoms. The normalized spacial score (nSPS) is 16.9. The molecule has 2 nitrogen and oxygen atoms in total. The Labute approximate surface area is 127 Å². The van der Waals surface area contributed by atoms with Crippen LogP contribution in [0.2, 0.25) is 0 Å². The van der Waals surface area contributed by atoms with Gasteiger partial charge in [-0.15, -0.1) is 22.7 Å². The Kier molecular flexibility index (Phi) is 4.33. The van der Waals surface area contributed by atoms with Gasteiger partial charge in [-0.3, -0.25) is 4.79 Å². The number of thiophene rings is 2. The van der Waals surface area contributed by atoms with E-state index < -0.39 is 0 Å². The summed E-state index contributed by atoms with van der Waals surface area (Å²) in [5.74, 6) is 0.781. The molecule has 2 aromatic rings. The second-order valence-corrected chi connectivity index (χ2v) is 6.92. The van der Waals surface area contributed by atoms with Gasteiger partial charge in [-0.05, 0) is 47.7 Å². The average Bonchev–Trinajstić information content (AvgIpc) is 3.18. The molecule has 3 rings (SSSR count). The van der Waals surface area contributed by atoms with Crippen LogP contribution in [0.15, 0.2) is 41.1 Å². The first-order chi connectivity index (χ1) is 9.83. The van der Waals surface area contributed by atoms with Gasteiger partial charge in [0.05, 0.1) is 0 Å². The highest BCUT2D eigenvalue weighted by molar-refractivity contribution is 7.10. The van der Waals surface area contributed by atoms with Crippen LogP contribution in [0.5, 0.6) is 0 Å². The number of rotatable bonds is 3. The molecule has 1 fully saturated rings. The quantitative estimate of drug-likeness (QED) is 0.777. The summed E-state index contributed by atoms with van der Waals surface area (Å²) < 4.78 is 0. The van der Waals surface area contributed by atoms with E-state index in [1.54, 1.807) is 17.4 Å². The highest BCUT2D eigenvalue weighted by atomic mass is 32.1. The van der Waals surface area contributed by atoms with Crippen LogP contribution < -0.4 is 0 Å². The van der Waals surface area contributed by atoms with Crippen LogP contribution in [0.1, 0.15) is 28.5 Å². The van der Waals surface area contributed by atoms with Gasteiger partial charge in [0.15, 0.2) is 0 Å². The van der Waals surface area contributed by atoms with Crippen LogP contribution in [0.4, 0.5) is 0 Å². The monoisotopic (exact) mass is 303 g/mol. The molecule has 0 saturated carbocycles. The van der Waals surface area contributed by atoms with Gasteiger partial charge in [0.2, 0.25) is 5.91 Å². The third kappa shape index (κ3) is 3.19. The number of amides is 1. The third-order valence-electron chi connectivity index (χ3n) is 3.69. The predicted molar refractivity (Wildman–Crippen MR) is 86.2 cm³/mol. The van der Waals surface area contributed by atoms with Crippen molar-refractivity contribution in [1.82, 2.24) is 4.90 Å². The summed E-state index contributed by atoms with van der Waals surface area (Å²) in [6.45, 7) is 1.74. The third-order valence-corrected chi connectivity index (χ3v) is 5.56. The van der Waals surface area contributed by atoms with Crippen molar-refractivity contribution in [2.45, 2.75) is 18.8 Å². The molecule has 0 N–H and O–H groups in total. The van der Waals surface area contributed by atoms with Crippen LogP contribution in [0.25, 0.3) is 6.08 Å². The topological polar surface area (TPSA) is 20.3 Å². The molecular weight excluding hydrogens is 286 g/mol. The van der Waals surface area contributed by atoms with Crippen LogP contribution in [0, 0.1) is 0 Å². The molecule has 4 heteroatoms. The molecule has 0 spiro atoms. The lowest BCUT2D eigenvalue weighted by Gasteiger charge is -2.30. The minimum atomic E-state index is 0.142. The lowest BCUT2D eigenvalue weighted by atomic mass is 9.95. The number of carbonyl (C=O) groups excluding carboxylic acids is 1. The predicted octanol–water partition coefficient (Wildman–Crippen LogP) is 4.23. The van der Waals surface area contributed by atoms with E-state index in [1.165, 1.54) is 4.88 Å². The van der Waals surface area contributed by atoms with Crippen LogP contribution in [-0.4, -0.2) is 23.9 Å². The van der Waals surface area contributed by atoms with Crippen molar-refractivity contribution in [2.75, 3.05) is 13.1 Å². The SMILES string of the molecule is O=C(C=Cc1cccs1)N1CCC(c2cccs2)CC1. The molecule has 0 atom stereocenters. The number of hydrogen-bond donors (Lipinski definition) is 0. The number of likely N-dealkylation sites (tertiary alicyclic amines) is 1. The van der Waals surface area contributed by atoms with Gasteiger partial charge in [-0.1, -0.05) is 12.1 Å². The minimum absolute atomic E-state index is 0.142. The summed E-state index contributed by atoms with van der Waals surface area (Å²) in [6.07, 6.45) is 5.79. The zero-order valence-corrected chi connectivity index (χ0v) is 12.8. The van der Waals surface area contributed by atoms with Gasteiger partial charge in [0.1, 0.15) is 0 Å². The number of hydrogen-bond acceptors (Lipinski definition) is 3. The molecule has 0 aliphatic carbocycles. The van der Waals surface area contributed by atoms with Crippen molar-refractivity contribution in [3.8, 4) is 0 Å². The average molecular weight is 303 g/mol. The van der Waals surface area contributed by atoms with Crippen molar-refractivity contribution < 1.29 is 4.79 Å². The van der Waals surface area contributed by atoms with Crippen molar-refractivity contribution in [3.63, 3.8) is 0 Å². The maximum atomic E-state index is 12.1. The summed E-state index contributed by atoms with van der Waals surface area (Å²) >= 11 is 3.49. The molecular formula is C16H17NOS2. The number of piperidine rings is 1. The summed E-state index contributed by atoms with van der Waals surface area (Å²) in [5.41, 5.74) is 0. The largest absolute Gasteiger partial charge is 0.339 e.